The quantitative estimate of drug-likeness (QED) is 0.599. The van der Waals surface area contributed by atoms with Gasteiger partial charge in [-0.1, -0.05) is 20.8 Å². The minimum atomic E-state index is -0.210. The van der Waals surface area contributed by atoms with Gasteiger partial charge in [0, 0.05) is 11.9 Å². The van der Waals surface area contributed by atoms with Crippen LogP contribution in [-0.2, 0) is 9.47 Å². The molecule has 2 saturated heterocycles. The monoisotopic (exact) mass is 180 g/mol. The van der Waals surface area contributed by atoms with Crippen molar-refractivity contribution < 1.29 is 9.47 Å². The van der Waals surface area contributed by atoms with Crippen LogP contribution in [0.1, 0.15) is 33.6 Å². The van der Waals surface area contributed by atoms with Crippen LogP contribution in [0.5, 0.6) is 0 Å². The lowest BCUT2D eigenvalue weighted by Crippen LogP contribution is -2.45. The molecule has 2 bridgehead atoms. The average Bonchev–Trinajstić information content (AvgIpc) is 2.54. The molecule has 2 nitrogen and oxygen atoms in total. The van der Waals surface area contributed by atoms with E-state index in [1.165, 1.54) is 0 Å². The molecule has 2 fully saturated rings. The molecule has 0 amide bonds. The number of hydrogen-bond donors (Lipinski definition) is 0. The molecular formula is C10H17BO2. The molecule has 0 aromatic rings. The molecule has 0 saturated carbocycles. The second-order valence-electron chi connectivity index (χ2n) is 4.18. The predicted octanol–water partition coefficient (Wildman–Crippen LogP) is 1.47. The van der Waals surface area contributed by atoms with E-state index in [1.807, 2.05) is 0 Å². The van der Waals surface area contributed by atoms with Gasteiger partial charge in [0.25, 0.3) is 0 Å². The zero-order chi connectivity index (χ0) is 9.64. The first-order valence-corrected chi connectivity index (χ1v) is 5.24. The van der Waals surface area contributed by atoms with E-state index in [1.54, 1.807) is 0 Å². The molecule has 13 heavy (non-hydrogen) atoms. The Morgan fingerprint density at radius 2 is 2.08 bits per heavy atom. The van der Waals surface area contributed by atoms with Crippen molar-refractivity contribution >= 4 is 7.85 Å². The van der Waals surface area contributed by atoms with E-state index in [0.717, 1.165) is 12.8 Å². The molecule has 72 valence electrons. The Hall–Kier alpha value is -0.0151. The van der Waals surface area contributed by atoms with Gasteiger partial charge in [-0.3, -0.25) is 0 Å². The Balaban J connectivity index is 2.27. The van der Waals surface area contributed by atoms with E-state index in [0.29, 0.717) is 5.92 Å². The van der Waals surface area contributed by atoms with E-state index in [9.17, 15) is 0 Å². The highest BCUT2D eigenvalue weighted by atomic mass is 16.6. The third-order valence-corrected chi connectivity index (χ3v) is 3.73. The Morgan fingerprint density at radius 3 is 2.54 bits per heavy atom. The lowest BCUT2D eigenvalue weighted by Gasteiger charge is -2.36. The van der Waals surface area contributed by atoms with Crippen molar-refractivity contribution in [2.24, 2.45) is 5.92 Å². The average molecular weight is 180 g/mol. The molecule has 1 unspecified atom stereocenters. The van der Waals surface area contributed by atoms with Gasteiger partial charge in [-0.25, -0.2) is 0 Å². The first-order chi connectivity index (χ1) is 6.15. The van der Waals surface area contributed by atoms with Crippen LogP contribution in [-0.4, -0.2) is 31.7 Å². The summed E-state index contributed by atoms with van der Waals surface area (Å²) in [5, 5.41) is 0. The lowest BCUT2D eigenvalue weighted by atomic mass is 9.81. The Labute approximate surface area is 81.4 Å². The van der Waals surface area contributed by atoms with Crippen molar-refractivity contribution in [2.45, 2.75) is 57.4 Å². The number of ether oxygens (including phenoxy) is 2. The summed E-state index contributed by atoms with van der Waals surface area (Å²) in [5.41, 5.74) is -0.0984. The lowest BCUT2D eigenvalue weighted by molar-refractivity contribution is -0.163. The molecule has 0 aliphatic carbocycles. The minimum Gasteiger partial charge on any atom is -0.376 e. The fourth-order valence-corrected chi connectivity index (χ4v) is 2.93. The fourth-order valence-electron chi connectivity index (χ4n) is 2.93. The predicted molar refractivity (Wildman–Crippen MR) is 51.8 cm³/mol. The molecular weight excluding hydrogens is 163 g/mol. The minimum absolute atomic E-state index is 0.0984. The maximum Gasteiger partial charge on any atom is 0.112 e. The van der Waals surface area contributed by atoms with Gasteiger partial charge in [-0.05, 0) is 12.8 Å². The van der Waals surface area contributed by atoms with Gasteiger partial charge in [-0.15, -0.1) is 0 Å². The van der Waals surface area contributed by atoms with Gasteiger partial charge < -0.3 is 9.47 Å². The summed E-state index contributed by atoms with van der Waals surface area (Å²) in [6, 6.07) is -0.210. The van der Waals surface area contributed by atoms with Crippen LogP contribution in [0.25, 0.3) is 0 Å². The van der Waals surface area contributed by atoms with Crippen molar-refractivity contribution in [3.05, 3.63) is 0 Å². The molecule has 2 aliphatic rings. The third-order valence-electron chi connectivity index (χ3n) is 3.73. The highest BCUT2D eigenvalue weighted by Gasteiger charge is 2.61. The molecule has 0 aromatic carbocycles. The first kappa shape index (κ1) is 9.54. The van der Waals surface area contributed by atoms with Crippen molar-refractivity contribution in [1.82, 2.24) is 0 Å². The van der Waals surface area contributed by atoms with E-state index in [-0.39, 0.29) is 23.8 Å². The van der Waals surface area contributed by atoms with Gasteiger partial charge in [0.1, 0.15) is 7.85 Å². The number of rotatable bonds is 2. The van der Waals surface area contributed by atoms with Crippen LogP contribution in [0.15, 0.2) is 0 Å². The molecule has 5 atom stereocenters. The normalized spacial score (nSPS) is 54.4. The zero-order valence-corrected chi connectivity index (χ0v) is 8.62. The Bertz CT molecular complexity index is 205. The van der Waals surface area contributed by atoms with E-state index in [2.05, 4.69) is 20.8 Å². The van der Waals surface area contributed by atoms with Gasteiger partial charge in [-0.2, -0.15) is 0 Å². The van der Waals surface area contributed by atoms with Crippen molar-refractivity contribution in [3.63, 3.8) is 0 Å². The molecule has 0 N–H and O–H groups in total. The van der Waals surface area contributed by atoms with Crippen molar-refractivity contribution in [1.29, 1.82) is 0 Å². The van der Waals surface area contributed by atoms with Crippen LogP contribution in [0.4, 0.5) is 0 Å². The van der Waals surface area contributed by atoms with Crippen LogP contribution >= 0.6 is 0 Å². The first-order valence-electron chi connectivity index (χ1n) is 5.24. The zero-order valence-electron chi connectivity index (χ0n) is 8.62. The maximum atomic E-state index is 5.88. The molecule has 0 spiro atoms. The van der Waals surface area contributed by atoms with Crippen LogP contribution in [0.2, 0.25) is 0 Å². The summed E-state index contributed by atoms with van der Waals surface area (Å²) in [6.45, 7) is 6.49. The summed E-state index contributed by atoms with van der Waals surface area (Å²) >= 11 is 0. The summed E-state index contributed by atoms with van der Waals surface area (Å²) in [7, 11) is 5.84. The molecule has 2 rings (SSSR count). The Morgan fingerprint density at radius 1 is 1.38 bits per heavy atom. The highest BCUT2D eigenvalue weighted by molar-refractivity contribution is 6.11. The van der Waals surface area contributed by atoms with E-state index < -0.39 is 0 Å². The third kappa shape index (κ3) is 1.03. The van der Waals surface area contributed by atoms with Crippen LogP contribution in [0.3, 0.4) is 0 Å². The summed E-state index contributed by atoms with van der Waals surface area (Å²) in [5.74, 6) is 0.442. The van der Waals surface area contributed by atoms with E-state index in [4.69, 9.17) is 17.3 Å². The van der Waals surface area contributed by atoms with Crippen molar-refractivity contribution in [3.8, 4) is 0 Å². The summed E-state index contributed by atoms with van der Waals surface area (Å²) in [6.07, 6.45) is 2.38. The maximum absolute atomic E-state index is 5.88. The Kier molecular flexibility index (Phi) is 2.19. The second-order valence-corrected chi connectivity index (χ2v) is 4.18. The van der Waals surface area contributed by atoms with Gasteiger partial charge in [0.05, 0.1) is 17.8 Å². The summed E-state index contributed by atoms with van der Waals surface area (Å²) < 4.78 is 11.7. The van der Waals surface area contributed by atoms with Gasteiger partial charge in [0.2, 0.25) is 0 Å². The molecule has 2 aliphatic heterocycles. The second kappa shape index (κ2) is 2.99. The highest BCUT2D eigenvalue weighted by Crippen LogP contribution is 2.50. The smallest absolute Gasteiger partial charge is 0.112 e. The molecule has 2 heterocycles. The molecule has 3 heteroatoms. The number of fused-ring (bicyclic) bond motifs is 2. The molecule has 0 aromatic heterocycles. The largest absolute Gasteiger partial charge is 0.376 e. The van der Waals surface area contributed by atoms with E-state index >= 15 is 0 Å². The summed E-state index contributed by atoms with van der Waals surface area (Å²) in [4.78, 5) is 0. The van der Waals surface area contributed by atoms with Crippen molar-refractivity contribution in [2.75, 3.05) is 0 Å². The fraction of sp³-hybridized carbons (Fsp3) is 1.00. The number of hydrogen-bond acceptors (Lipinski definition) is 2. The standard InChI is InChI=1S/C10H17BO2/c1-4-7-10(5-2)6(3)8(12-7)9(11)13-10/h6-9H,4-5H2,1-3H3/t6?,7-,8+,9-,10-/m1/s1. The topological polar surface area (TPSA) is 18.5 Å². The van der Waals surface area contributed by atoms with Gasteiger partial charge in [0.15, 0.2) is 0 Å². The SMILES string of the molecule is [B][C@@H]1O[C@]2(CC)C(C)[C@@H]1O[C@@H]2CC. The van der Waals surface area contributed by atoms with Crippen LogP contribution in [0, 0.1) is 5.92 Å². The van der Waals surface area contributed by atoms with Crippen LogP contribution < -0.4 is 0 Å². The van der Waals surface area contributed by atoms with Gasteiger partial charge >= 0.3 is 0 Å². The molecule has 2 radical (unpaired) electrons.